The number of rotatable bonds is 5. The van der Waals surface area contributed by atoms with Crippen LogP contribution >= 0.6 is 15.9 Å². The second kappa shape index (κ2) is 6.22. The zero-order chi connectivity index (χ0) is 14.7. The van der Waals surface area contributed by atoms with Crippen molar-refractivity contribution in [3.8, 4) is 0 Å². The van der Waals surface area contributed by atoms with E-state index in [-0.39, 0.29) is 5.78 Å². The van der Waals surface area contributed by atoms with Crippen LogP contribution in [0.5, 0.6) is 0 Å². The second-order valence-corrected chi connectivity index (χ2v) is 5.69. The Morgan fingerprint density at radius 2 is 1.95 bits per heavy atom. The third kappa shape index (κ3) is 2.93. The molecule has 0 spiro atoms. The molecule has 0 N–H and O–H groups in total. The zero-order valence-corrected chi connectivity index (χ0v) is 13.5. The molecule has 0 amide bonds. The molecule has 0 aliphatic rings. The Morgan fingerprint density at radius 1 is 1.30 bits per heavy atom. The van der Waals surface area contributed by atoms with E-state index in [9.17, 15) is 4.79 Å². The minimum absolute atomic E-state index is 0.00636. The molecule has 0 radical (unpaired) electrons. The van der Waals surface area contributed by atoms with E-state index in [0.29, 0.717) is 11.3 Å². The van der Waals surface area contributed by atoms with E-state index < -0.39 is 0 Å². The van der Waals surface area contributed by atoms with E-state index in [0.717, 1.165) is 23.1 Å². The highest BCUT2D eigenvalue weighted by molar-refractivity contribution is 9.10. The Kier molecular flexibility index (Phi) is 4.60. The highest BCUT2D eigenvalue weighted by Crippen LogP contribution is 2.21. The van der Waals surface area contributed by atoms with Crippen LogP contribution < -0.4 is 4.90 Å². The topological polar surface area (TPSA) is 38.1 Å². The maximum Gasteiger partial charge on any atom is 0.212 e. The molecule has 0 atom stereocenters. The Labute approximate surface area is 127 Å². The molecule has 0 bridgehead atoms. The molecule has 20 heavy (non-hydrogen) atoms. The number of aromatic nitrogens is 2. The fourth-order valence-corrected chi connectivity index (χ4v) is 2.49. The van der Waals surface area contributed by atoms with Gasteiger partial charge in [0, 0.05) is 31.9 Å². The average molecular weight is 336 g/mol. The number of hydrogen-bond donors (Lipinski definition) is 0. The average Bonchev–Trinajstić information content (AvgIpc) is 2.79. The molecule has 1 aromatic heterocycles. The molecule has 1 heterocycles. The van der Waals surface area contributed by atoms with Crippen LogP contribution in [0.2, 0.25) is 0 Å². The minimum Gasteiger partial charge on any atom is -0.378 e. The summed E-state index contributed by atoms with van der Waals surface area (Å²) < 4.78 is 2.50. The summed E-state index contributed by atoms with van der Waals surface area (Å²) in [5.74, 6) is -0.00636. The maximum atomic E-state index is 12.6. The van der Waals surface area contributed by atoms with E-state index in [1.807, 2.05) is 43.3 Å². The first-order valence-electron chi connectivity index (χ1n) is 6.58. The third-order valence-electron chi connectivity index (χ3n) is 3.09. The summed E-state index contributed by atoms with van der Waals surface area (Å²) in [4.78, 5) is 14.6. The predicted octanol–water partition coefficient (Wildman–Crippen LogP) is 3.35. The Hall–Kier alpha value is -1.62. The Balaban J connectivity index is 2.33. The lowest BCUT2D eigenvalue weighted by Crippen LogP contribution is -2.13. The van der Waals surface area contributed by atoms with Gasteiger partial charge < -0.3 is 4.90 Å². The van der Waals surface area contributed by atoms with Gasteiger partial charge in [-0.25, -0.2) is 0 Å². The van der Waals surface area contributed by atoms with Crippen molar-refractivity contribution in [3.05, 3.63) is 46.2 Å². The lowest BCUT2D eigenvalue weighted by molar-refractivity contribution is 0.102. The van der Waals surface area contributed by atoms with Gasteiger partial charge in [-0.2, -0.15) is 5.10 Å². The van der Waals surface area contributed by atoms with Gasteiger partial charge in [-0.1, -0.05) is 6.92 Å². The van der Waals surface area contributed by atoms with Gasteiger partial charge in [0.1, 0.15) is 5.69 Å². The summed E-state index contributed by atoms with van der Waals surface area (Å²) in [6.07, 6.45) is 2.62. The number of carbonyl (C=O) groups is 1. The lowest BCUT2D eigenvalue weighted by atomic mass is 10.1. The molecule has 5 heteroatoms. The number of anilines is 1. The lowest BCUT2D eigenvalue weighted by Gasteiger charge is -2.12. The number of hydrogen-bond acceptors (Lipinski definition) is 3. The fourth-order valence-electron chi connectivity index (χ4n) is 2.02. The molecule has 0 aliphatic heterocycles. The predicted molar refractivity (Wildman–Crippen MR) is 84.4 cm³/mol. The number of carbonyl (C=O) groups excluding carboxylic acids is 1. The molecule has 2 rings (SSSR count). The van der Waals surface area contributed by atoms with Crippen LogP contribution in [0.1, 0.15) is 29.4 Å². The SMILES string of the molecule is CCCn1ncc(Br)c1C(=O)c1ccc(N(C)C)cc1. The summed E-state index contributed by atoms with van der Waals surface area (Å²) in [7, 11) is 3.95. The quantitative estimate of drug-likeness (QED) is 0.786. The van der Waals surface area contributed by atoms with Crippen molar-refractivity contribution in [2.24, 2.45) is 0 Å². The van der Waals surface area contributed by atoms with Crippen LogP contribution in [-0.2, 0) is 6.54 Å². The zero-order valence-electron chi connectivity index (χ0n) is 11.9. The molecular weight excluding hydrogens is 318 g/mol. The molecule has 0 saturated carbocycles. The number of halogens is 1. The van der Waals surface area contributed by atoms with E-state index >= 15 is 0 Å². The molecule has 2 aromatic rings. The normalized spacial score (nSPS) is 10.6. The largest absolute Gasteiger partial charge is 0.378 e. The van der Waals surface area contributed by atoms with E-state index in [1.54, 1.807) is 10.9 Å². The van der Waals surface area contributed by atoms with Crippen molar-refractivity contribution >= 4 is 27.4 Å². The Morgan fingerprint density at radius 3 is 2.50 bits per heavy atom. The van der Waals surface area contributed by atoms with E-state index in [2.05, 4.69) is 28.0 Å². The van der Waals surface area contributed by atoms with Crippen LogP contribution in [0.4, 0.5) is 5.69 Å². The summed E-state index contributed by atoms with van der Waals surface area (Å²) in [6, 6.07) is 7.60. The molecule has 0 saturated heterocycles. The molecule has 1 aromatic carbocycles. The summed E-state index contributed by atoms with van der Waals surface area (Å²) in [5, 5.41) is 4.24. The van der Waals surface area contributed by atoms with Crippen LogP contribution in [0, 0.1) is 0 Å². The maximum absolute atomic E-state index is 12.6. The van der Waals surface area contributed by atoms with Crippen molar-refractivity contribution < 1.29 is 4.79 Å². The van der Waals surface area contributed by atoms with Gasteiger partial charge in [0.15, 0.2) is 0 Å². The number of nitrogens with zero attached hydrogens (tertiary/aromatic N) is 3. The van der Waals surface area contributed by atoms with Crippen molar-refractivity contribution in [2.45, 2.75) is 19.9 Å². The van der Waals surface area contributed by atoms with Crippen molar-refractivity contribution in [1.29, 1.82) is 0 Å². The molecule has 4 nitrogen and oxygen atoms in total. The summed E-state index contributed by atoms with van der Waals surface area (Å²) >= 11 is 3.41. The monoisotopic (exact) mass is 335 g/mol. The van der Waals surface area contributed by atoms with Crippen molar-refractivity contribution in [1.82, 2.24) is 9.78 Å². The highest BCUT2D eigenvalue weighted by Gasteiger charge is 2.18. The number of ketones is 1. The van der Waals surface area contributed by atoms with Crippen molar-refractivity contribution in [2.75, 3.05) is 19.0 Å². The van der Waals surface area contributed by atoms with E-state index in [1.165, 1.54) is 0 Å². The number of benzene rings is 1. The second-order valence-electron chi connectivity index (χ2n) is 4.83. The van der Waals surface area contributed by atoms with Crippen LogP contribution in [-0.4, -0.2) is 29.7 Å². The highest BCUT2D eigenvalue weighted by atomic mass is 79.9. The molecule has 106 valence electrons. The van der Waals surface area contributed by atoms with Crippen LogP contribution in [0.25, 0.3) is 0 Å². The van der Waals surface area contributed by atoms with Crippen LogP contribution in [0.15, 0.2) is 34.9 Å². The van der Waals surface area contributed by atoms with Gasteiger partial charge in [0.05, 0.1) is 10.7 Å². The minimum atomic E-state index is -0.00636. The first-order valence-corrected chi connectivity index (χ1v) is 7.37. The van der Waals surface area contributed by atoms with Gasteiger partial charge >= 0.3 is 0 Å². The standard InChI is InChI=1S/C15H18BrN3O/c1-4-9-19-14(13(16)10-17-19)15(20)11-5-7-12(8-6-11)18(2)3/h5-8,10H,4,9H2,1-3H3. The Bertz CT molecular complexity index is 602. The van der Waals surface area contributed by atoms with Gasteiger partial charge in [0.25, 0.3) is 0 Å². The molecular formula is C15H18BrN3O. The van der Waals surface area contributed by atoms with Gasteiger partial charge in [0.2, 0.25) is 5.78 Å². The van der Waals surface area contributed by atoms with Gasteiger partial charge in [-0.05, 0) is 46.6 Å². The van der Waals surface area contributed by atoms with Crippen molar-refractivity contribution in [3.63, 3.8) is 0 Å². The summed E-state index contributed by atoms with van der Waals surface area (Å²) in [6.45, 7) is 2.80. The molecule has 0 aliphatic carbocycles. The molecule has 0 unspecified atom stereocenters. The molecule has 0 fully saturated rings. The number of aryl methyl sites for hydroxylation is 1. The third-order valence-corrected chi connectivity index (χ3v) is 3.67. The first-order chi connectivity index (χ1) is 9.54. The van der Waals surface area contributed by atoms with E-state index in [4.69, 9.17) is 0 Å². The smallest absolute Gasteiger partial charge is 0.212 e. The first kappa shape index (κ1) is 14.8. The van der Waals surface area contributed by atoms with Gasteiger partial charge in [-0.15, -0.1) is 0 Å². The fraction of sp³-hybridized carbons (Fsp3) is 0.333. The summed E-state index contributed by atoms with van der Waals surface area (Å²) in [5.41, 5.74) is 2.36. The van der Waals surface area contributed by atoms with Gasteiger partial charge in [-0.3, -0.25) is 9.48 Å². The van der Waals surface area contributed by atoms with Crippen LogP contribution in [0.3, 0.4) is 0 Å².